The van der Waals surface area contributed by atoms with Crippen LogP contribution >= 0.6 is 11.6 Å². The number of hydrogen-bond acceptors (Lipinski definition) is 2. The highest BCUT2D eigenvalue weighted by Gasteiger charge is 2.20. The minimum Gasteiger partial charge on any atom is -0.350 e. The number of rotatable bonds is 4. The number of pyridine rings is 1. The molecule has 0 aliphatic heterocycles. The molecule has 0 spiro atoms. The van der Waals surface area contributed by atoms with Crippen LogP contribution in [0.25, 0.3) is 0 Å². The second-order valence-electron chi connectivity index (χ2n) is 4.55. The fraction of sp³-hybridized carbons (Fsp3) is 0.267. The summed E-state index contributed by atoms with van der Waals surface area (Å²) in [5.74, 6) is -0.545. The lowest BCUT2D eigenvalue weighted by atomic mass is 10.1. The summed E-state index contributed by atoms with van der Waals surface area (Å²) in [6.07, 6.45) is 1.50. The zero-order valence-electron chi connectivity index (χ0n) is 11.3. The molecule has 0 aliphatic carbocycles. The number of benzene rings is 1. The van der Waals surface area contributed by atoms with E-state index in [2.05, 4.69) is 4.98 Å². The molecule has 20 heavy (non-hydrogen) atoms. The van der Waals surface area contributed by atoms with E-state index in [4.69, 9.17) is 11.6 Å². The number of aromatic nitrogens is 1. The molecule has 2 aromatic rings. The Bertz CT molecular complexity index is 604. The zero-order chi connectivity index (χ0) is 14.7. The van der Waals surface area contributed by atoms with E-state index in [1.807, 2.05) is 0 Å². The highest BCUT2D eigenvalue weighted by Crippen LogP contribution is 2.28. The fourth-order valence-electron chi connectivity index (χ4n) is 2.03. The molecular weight excluding hydrogens is 282 g/mol. The SMILES string of the molecule is CC(c1ccccc1F)N(C)c1nccc(CCl)c1F. The number of nitrogens with zero attached hydrogens (tertiary/aromatic N) is 2. The molecule has 0 saturated carbocycles. The van der Waals surface area contributed by atoms with Crippen LogP contribution in [0.5, 0.6) is 0 Å². The van der Waals surface area contributed by atoms with E-state index >= 15 is 0 Å². The van der Waals surface area contributed by atoms with Gasteiger partial charge in [-0.3, -0.25) is 0 Å². The number of anilines is 1. The third-order valence-corrected chi connectivity index (χ3v) is 3.65. The molecule has 0 amide bonds. The van der Waals surface area contributed by atoms with Gasteiger partial charge in [0.2, 0.25) is 0 Å². The third-order valence-electron chi connectivity index (χ3n) is 3.37. The molecular formula is C15H15ClF2N2. The van der Waals surface area contributed by atoms with E-state index in [1.165, 1.54) is 18.3 Å². The molecule has 0 N–H and O–H groups in total. The molecule has 0 aliphatic rings. The smallest absolute Gasteiger partial charge is 0.170 e. The van der Waals surface area contributed by atoms with Crippen LogP contribution in [-0.2, 0) is 5.88 Å². The summed E-state index contributed by atoms with van der Waals surface area (Å²) < 4.78 is 28.0. The first-order chi connectivity index (χ1) is 9.56. The Morgan fingerprint density at radius 1 is 1.25 bits per heavy atom. The first-order valence-corrected chi connectivity index (χ1v) is 6.76. The zero-order valence-corrected chi connectivity index (χ0v) is 12.0. The predicted octanol–water partition coefficient (Wildman–Crippen LogP) is 4.30. The Balaban J connectivity index is 2.36. The maximum Gasteiger partial charge on any atom is 0.170 e. The van der Waals surface area contributed by atoms with Crippen LogP contribution in [0.3, 0.4) is 0 Å². The van der Waals surface area contributed by atoms with Gasteiger partial charge >= 0.3 is 0 Å². The summed E-state index contributed by atoms with van der Waals surface area (Å²) in [4.78, 5) is 5.63. The summed E-state index contributed by atoms with van der Waals surface area (Å²) >= 11 is 5.68. The van der Waals surface area contributed by atoms with Crippen molar-refractivity contribution in [1.82, 2.24) is 4.98 Å². The molecule has 1 heterocycles. The Kier molecular flexibility index (Phi) is 4.55. The third kappa shape index (κ3) is 2.75. The molecule has 1 atom stereocenters. The van der Waals surface area contributed by atoms with E-state index in [1.54, 1.807) is 37.1 Å². The Morgan fingerprint density at radius 2 is 1.95 bits per heavy atom. The van der Waals surface area contributed by atoms with Gasteiger partial charge in [-0.2, -0.15) is 0 Å². The van der Waals surface area contributed by atoms with Gasteiger partial charge in [0.05, 0.1) is 11.9 Å². The first-order valence-electron chi connectivity index (χ1n) is 6.22. The number of halogens is 3. The molecule has 1 aromatic heterocycles. The lowest BCUT2D eigenvalue weighted by Crippen LogP contribution is -2.24. The average molecular weight is 297 g/mol. The molecule has 1 aromatic carbocycles. The number of hydrogen-bond donors (Lipinski definition) is 0. The second-order valence-corrected chi connectivity index (χ2v) is 4.82. The van der Waals surface area contributed by atoms with Crippen molar-refractivity contribution in [2.75, 3.05) is 11.9 Å². The topological polar surface area (TPSA) is 16.1 Å². The van der Waals surface area contributed by atoms with Gasteiger partial charge in [-0.05, 0) is 19.1 Å². The van der Waals surface area contributed by atoms with E-state index < -0.39 is 5.82 Å². The van der Waals surface area contributed by atoms with Crippen LogP contribution in [0, 0.1) is 11.6 Å². The van der Waals surface area contributed by atoms with Gasteiger partial charge in [-0.15, -0.1) is 11.6 Å². The molecule has 0 fully saturated rings. The summed E-state index contributed by atoms with van der Waals surface area (Å²) in [5.41, 5.74) is 0.872. The standard InChI is InChI=1S/C15H15ClF2N2/c1-10(12-5-3-4-6-13(12)17)20(2)15-14(18)11(9-16)7-8-19-15/h3-8,10H,9H2,1-2H3. The lowest BCUT2D eigenvalue weighted by Gasteiger charge is -2.27. The van der Waals surface area contributed by atoms with Crippen molar-refractivity contribution in [3.8, 4) is 0 Å². The highest BCUT2D eigenvalue weighted by atomic mass is 35.5. The molecule has 1 unspecified atom stereocenters. The fourth-order valence-corrected chi connectivity index (χ4v) is 2.23. The van der Waals surface area contributed by atoms with Gasteiger partial charge < -0.3 is 4.90 Å². The highest BCUT2D eigenvalue weighted by molar-refractivity contribution is 6.17. The minimum absolute atomic E-state index is 0.0727. The number of alkyl halides is 1. The average Bonchev–Trinajstić information content (AvgIpc) is 2.46. The van der Waals surface area contributed by atoms with Gasteiger partial charge in [0.1, 0.15) is 5.82 Å². The summed E-state index contributed by atoms with van der Waals surface area (Å²) in [6, 6.07) is 7.63. The maximum absolute atomic E-state index is 14.2. The van der Waals surface area contributed by atoms with Gasteiger partial charge in [0.25, 0.3) is 0 Å². The van der Waals surface area contributed by atoms with Crippen LogP contribution in [0.2, 0.25) is 0 Å². The van der Waals surface area contributed by atoms with E-state index in [0.29, 0.717) is 11.1 Å². The lowest BCUT2D eigenvalue weighted by molar-refractivity contribution is 0.567. The van der Waals surface area contributed by atoms with Gasteiger partial charge in [0.15, 0.2) is 11.6 Å². The monoisotopic (exact) mass is 296 g/mol. The molecule has 0 saturated heterocycles. The largest absolute Gasteiger partial charge is 0.350 e. The van der Waals surface area contributed by atoms with Gasteiger partial charge in [0, 0.05) is 24.4 Å². The van der Waals surface area contributed by atoms with Crippen molar-refractivity contribution in [3.05, 3.63) is 59.3 Å². The van der Waals surface area contributed by atoms with Crippen molar-refractivity contribution in [1.29, 1.82) is 0 Å². The molecule has 2 nitrogen and oxygen atoms in total. The predicted molar refractivity (Wildman–Crippen MR) is 77.0 cm³/mol. The van der Waals surface area contributed by atoms with Crippen LogP contribution in [-0.4, -0.2) is 12.0 Å². The van der Waals surface area contributed by atoms with Crippen LogP contribution in [0.4, 0.5) is 14.6 Å². The summed E-state index contributed by atoms with van der Waals surface area (Å²) in [7, 11) is 1.68. The van der Waals surface area contributed by atoms with E-state index in [-0.39, 0.29) is 23.6 Å². The van der Waals surface area contributed by atoms with Crippen LogP contribution in [0.15, 0.2) is 36.5 Å². The molecule has 106 valence electrons. The first kappa shape index (κ1) is 14.7. The van der Waals surface area contributed by atoms with Crippen molar-refractivity contribution in [2.24, 2.45) is 0 Å². The normalized spacial score (nSPS) is 12.2. The second kappa shape index (κ2) is 6.18. The van der Waals surface area contributed by atoms with Crippen molar-refractivity contribution in [3.63, 3.8) is 0 Å². The van der Waals surface area contributed by atoms with E-state index in [0.717, 1.165) is 0 Å². The maximum atomic E-state index is 14.2. The van der Waals surface area contributed by atoms with Crippen LogP contribution in [0.1, 0.15) is 24.1 Å². The minimum atomic E-state index is -0.465. The van der Waals surface area contributed by atoms with Gasteiger partial charge in [-0.25, -0.2) is 13.8 Å². The Labute approximate surface area is 122 Å². The van der Waals surface area contributed by atoms with Crippen molar-refractivity contribution < 1.29 is 8.78 Å². The quantitative estimate of drug-likeness (QED) is 0.782. The van der Waals surface area contributed by atoms with Crippen molar-refractivity contribution >= 4 is 17.4 Å². The van der Waals surface area contributed by atoms with Crippen molar-refractivity contribution in [2.45, 2.75) is 18.8 Å². The molecule has 0 bridgehead atoms. The summed E-state index contributed by atoms with van der Waals surface area (Å²) in [6.45, 7) is 1.80. The summed E-state index contributed by atoms with van der Waals surface area (Å²) in [5, 5.41) is 0. The van der Waals surface area contributed by atoms with Gasteiger partial charge in [-0.1, -0.05) is 18.2 Å². The Morgan fingerprint density at radius 3 is 2.60 bits per heavy atom. The van der Waals surface area contributed by atoms with E-state index in [9.17, 15) is 8.78 Å². The molecule has 0 radical (unpaired) electrons. The van der Waals surface area contributed by atoms with Crippen LogP contribution < -0.4 is 4.90 Å². The Hall–Kier alpha value is -1.68. The molecule has 5 heteroatoms. The molecule has 2 rings (SSSR count).